The van der Waals surface area contributed by atoms with Gasteiger partial charge in [-0.1, -0.05) is 40.8 Å². The summed E-state index contributed by atoms with van der Waals surface area (Å²) in [6, 6.07) is 8.58. The highest BCUT2D eigenvalue weighted by atomic mass is 14.7. The quantitative estimate of drug-likeness (QED) is 0.512. The molecule has 0 atom stereocenters. The van der Waals surface area contributed by atoms with E-state index in [0.29, 0.717) is 0 Å². The first-order valence-electron chi connectivity index (χ1n) is 6.02. The topological polar surface area (TPSA) is 12.9 Å². The third-order valence-electron chi connectivity index (χ3n) is 3.63. The van der Waals surface area contributed by atoms with Gasteiger partial charge in [-0.25, -0.2) is 0 Å². The van der Waals surface area contributed by atoms with E-state index < -0.39 is 0 Å². The van der Waals surface area contributed by atoms with Gasteiger partial charge in [0.05, 0.1) is 5.69 Å². The zero-order valence-corrected chi connectivity index (χ0v) is 11.3. The van der Waals surface area contributed by atoms with E-state index in [2.05, 4.69) is 61.7 Å². The number of aromatic nitrogens is 1. The van der Waals surface area contributed by atoms with Crippen LogP contribution in [0, 0.1) is 13.8 Å². The Kier molecular flexibility index (Phi) is 3.14. The van der Waals surface area contributed by atoms with Crippen LogP contribution in [0.5, 0.6) is 0 Å². The first-order chi connectivity index (χ1) is 8.00. The molecule has 0 aliphatic rings. The van der Waals surface area contributed by atoms with Crippen LogP contribution in [0.15, 0.2) is 24.3 Å². The standard InChI is InChI=1S/C13H16B3N/c1-7-3-5-9(6-4-7)12-11(15)10(14)8(2)13(16)17-12/h3-6H,14-16H2,1-2H3. The lowest BCUT2D eigenvalue weighted by Gasteiger charge is -2.14. The molecule has 4 heteroatoms. The van der Waals surface area contributed by atoms with E-state index in [1.165, 1.54) is 27.6 Å². The van der Waals surface area contributed by atoms with Crippen LogP contribution in [-0.2, 0) is 0 Å². The predicted octanol–water partition coefficient (Wildman–Crippen LogP) is -1.86. The molecule has 2 rings (SSSR count). The summed E-state index contributed by atoms with van der Waals surface area (Å²) in [5.41, 5.74) is 8.68. The molecule has 1 nitrogen and oxygen atoms in total. The maximum absolute atomic E-state index is 4.73. The summed E-state index contributed by atoms with van der Waals surface area (Å²) in [5.74, 6) is 0. The summed E-state index contributed by atoms with van der Waals surface area (Å²) in [6.45, 7) is 4.25. The summed E-state index contributed by atoms with van der Waals surface area (Å²) < 4.78 is 0. The molecular formula is C13H16B3N. The van der Waals surface area contributed by atoms with Crippen LogP contribution in [0.1, 0.15) is 11.1 Å². The average Bonchev–Trinajstić information content (AvgIpc) is 2.32. The molecule has 0 bridgehead atoms. The van der Waals surface area contributed by atoms with Crippen molar-refractivity contribution in [2.24, 2.45) is 0 Å². The highest BCUT2D eigenvalue weighted by Gasteiger charge is 2.09. The highest BCUT2D eigenvalue weighted by Crippen LogP contribution is 2.14. The van der Waals surface area contributed by atoms with E-state index in [4.69, 9.17) is 4.98 Å². The second-order valence-electron chi connectivity index (χ2n) is 4.79. The summed E-state index contributed by atoms with van der Waals surface area (Å²) >= 11 is 0. The lowest BCUT2D eigenvalue weighted by molar-refractivity contribution is 1.36. The Balaban J connectivity index is 2.64. The number of rotatable bonds is 1. The normalized spacial score (nSPS) is 10.5. The molecule has 1 aromatic carbocycles. The van der Waals surface area contributed by atoms with E-state index in [1.807, 2.05) is 0 Å². The Hall–Kier alpha value is -1.44. The molecule has 2 aromatic rings. The highest BCUT2D eigenvalue weighted by molar-refractivity contribution is 6.52. The van der Waals surface area contributed by atoms with Gasteiger partial charge in [-0.15, -0.1) is 0 Å². The van der Waals surface area contributed by atoms with Crippen molar-refractivity contribution in [3.05, 3.63) is 35.4 Å². The Morgan fingerprint density at radius 2 is 1.47 bits per heavy atom. The number of aryl methyl sites for hydroxylation is 1. The second-order valence-corrected chi connectivity index (χ2v) is 4.79. The molecule has 0 amide bonds. The van der Waals surface area contributed by atoms with Gasteiger partial charge in [0.1, 0.15) is 15.7 Å². The SMILES string of the molecule is Bc1nc(-c2ccc(C)cc2)c(B)c(B)c1C. The molecule has 0 unspecified atom stereocenters. The van der Waals surface area contributed by atoms with Gasteiger partial charge >= 0.3 is 0 Å². The predicted molar refractivity (Wildman–Crippen MR) is 83.7 cm³/mol. The fraction of sp³-hybridized carbons (Fsp3) is 0.154. The minimum Gasteiger partial charge on any atom is -0.264 e. The van der Waals surface area contributed by atoms with Gasteiger partial charge in [-0.3, -0.25) is 4.98 Å². The largest absolute Gasteiger partial charge is 0.264 e. The Labute approximate surface area is 106 Å². The van der Waals surface area contributed by atoms with Crippen molar-refractivity contribution < 1.29 is 0 Å². The van der Waals surface area contributed by atoms with E-state index in [-0.39, 0.29) is 0 Å². The van der Waals surface area contributed by atoms with Gasteiger partial charge in [0.25, 0.3) is 0 Å². The minimum absolute atomic E-state index is 1.12. The van der Waals surface area contributed by atoms with Crippen molar-refractivity contribution in [2.45, 2.75) is 13.8 Å². The van der Waals surface area contributed by atoms with E-state index >= 15 is 0 Å². The third-order valence-corrected chi connectivity index (χ3v) is 3.63. The van der Waals surface area contributed by atoms with E-state index in [0.717, 1.165) is 11.3 Å². The van der Waals surface area contributed by atoms with E-state index in [9.17, 15) is 0 Å². The van der Waals surface area contributed by atoms with Gasteiger partial charge in [0, 0.05) is 0 Å². The molecule has 0 radical (unpaired) electrons. The molecule has 1 aromatic heterocycles. The van der Waals surface area contributed by atoms with Crippen molar-refractivity contribution in [3.8, 4) is 11.3 Å². The van der Waals surface area contributed by atoms with Crippen molar-refractivity contribution in [1.82, 2.24) is 4.98 Å². The Morgan fingerprint density at radius 3 is 2.06 bits per heavy atom. The first-order valence-corrected chi connectivity index (χ1v) is 6.02. The van der Waals surface area contributed by atoms with E-state index in [1.54, 1.807) is 0 Å². The average molecular weight is 219 g/mol. The van der Waals surface area contributed by atoms with Gasteiger partial charge in [0.2, 0.25) is 0 Å². The molecule has 0 aliphatic heterocycles. The molecule has 0 saturated carbocycles. The van der Waals surface area contributed by atoms with Crippen molar-refractivity contribution in [1.29, 1.82) is 0 Å². The number of hydrogen-bond donors (Lipinski definition) is 0. The van der Waals surface area contributed by atoms with Crippen LogP contribution in [0.25, 0.3) is 11.3 Å². The molecule has 0 aliphatic carbocycles. The van der Waals surface area contributed by atoms with Crippen LogP contribution >= 0.6 is 0 Å². The van der Waals surface area contributed by atoms with Crippen molar-refractivity contribution in [3.63, 3.8) is 0 Å². The third kappa shape index (κ3) is 2.17. The van der Waals surface area contributed by atoms with Gasteiger partial charge in [-0.2, -0.15) is 0 Å². The molecule has 0 saturated heterocycles. The fourth-order valence-corrected chi connectivity index (χ4v) is 2.06. The summed E-state index contributed by atoms with van der Waals surface area (Å²) in [5, 5.41) is 0. The Morgan fingerprint density at radius 1 is 0.882 bits per heavy atom. The van der Waals surface area contributed by atoms with Crippen LogP contribution in [0.3, 0.4) is 0 Å². The number of nitrogens with zero attached hydrogens (tertiary/aromatic N) is 1. The molecule has 17 heavy (non-hydrogen) atoms. The summed E-state index contributed by atoms with van der Waals surface area (Å²) in [7, 11) is 6.42. The lowest BCUT2D eigenvalue weighted by Crippen LogP contribution is -2.37. The molecule has 82 valence electrons. The molecule has 0 fully saturated rings. The van der Waals surface area contributed by atoms with Crippen molar-refractivity contribution >= 4 is 40.1 Å². The van der Waals surface area contributed by atoms with Gasteiger partial charge in [0.15, 0.2) is 7.85 Å². The smallest absolute Gasteiger partial charge is 0.164 e. The van der Waals surface area contributed by atoms with Crippen molar-refractivity contribution in [2.75, 3.05) is 0 Å². The fourth-order valence-electron chi connectivity index (χ4n) is 2.06. The maximum Gasteiger partial charge on any atom is 0.164 e. The second kappa shape index (κ2) is 4.44. The van der Waals surface area contributed by atoms with Crippen LogP contribution in [0.4, 0.5) is 0 Å². The molecular weight excluding hydrogens is 203 g/mol. The van der Waals surface area contributed by atoms with Crippen LogP contribution in [0.2, 0.25) is 0 Å². The zero-order valence-electron chi connectivity index (χ0n) is 11.3. The molecule has 0 N–H and O–H groups in total. The number of benzene rings is 1. The van der Waals surface area contributed by atoms with Crippen LogP contribution in [-0.4, -0.2) is 28.5 Å². The number of pyridine rings is 1. The molecule has 0 spiro atoms. The first kappa shape index (κ1) is 12.0. The lowest BCUT2D eigenvalue weighted by atomic mass is 9.74. The minimum atomic E-state index is 1.12. The Bertz CT molecular complexity index is 562. The van der Waals surface area contributed by atoms with Crippen LogP contribution < -0.4 is 16.5 Å². The monoisotopic (exact) mass is 219 g/mol. The molecule has 1 heterocycles. The zero-order chi connectivity index (χ0) is 12.6. The summed E-state index contributed by atoms with van der Waals surface area (Å²) in [4.78, 5) is 4.73. The summed E-state index contributed by atoms with van der Waals surface area (Å²) in [6.07, 6.45) is 0. The maximum atomic E-state index is 4.73. The number of hydrogen-bond acceptors (Lipinski definition) is 1. The van der Waals surface area contributed by atoms with Gasteiger partial charge < -0.3 is 0 Å². The van der Waals surface area contributed by atoms with Gasteiger partial charge in [-0.05, 0) is 30.6 Å².